The Bertz CT molecular complexity index is 542. The largest absolute Gasteiger partial charge is 0.491 e. The fourth-order valence-electron chi connectivity index (χ4n) is 1.92. The molecule has 0 aliphatic rings. The smallest absolute Gasteiger partial charge is 0.124 e. The summed E-state index contributed by atoms with van der Waals surface area (Å²) in [5, 5.41) is 2.12. The van der Waals surface area contributed by atoms with Crippen molar-refractivity contribution >= 4 is 33.9 Å². The van der Waals surface area contributed by atoms with E-state index in [1.165, 1.54) is 2.88 Å². The zero-order valence-corrected chi connectivity index (χ0v) is 13.9. The SMILES string of the molecule is CC(C)Oc1ccccc1C(NN)c1csc(I)c1. The van der Waals surface area contributed by atoms with Crippen LogP contribution in [0.15, 0.2) is 35.7 Å². The van der Waals surface area contributed by atoms with Crippen LogP contribution in [0.4, 0.5) is 0 Å². The molecule has 19 heavy (non-hydrogen) atoms. The molecule has 0 aliphatic carbocycles. The second-order valence-electron chi connectivity index (χ2n) is 4.49. The van der Waals surface area contributed by atoms with Gasteiger partial charge in [0, 0.05) is 5.56 Å². The van der Waals surface area contributed by atoms with Crippen LogP contribution >= 0.6 is 33.9 Å². The molecule has 0 spiro atoms. The zero-order valence-electron chi connectivity index (χ0n) is 10.9. The van der Waals surface area contributed by atoms with E-state index in [1.807, 2.05) is 38.1 Å². The Morgan fingerprint density at radius 3 is 2.63 bits per heavy atom. The Labute approximate surface area is 131 Å². The molecule has 1 unspecified atom stereocenters. The molecule has 1 atom stereocenters. The second-order valence-corrected chi connectivity index (χ2v) is 7.29. The summed E-state index contributed by atoms with van der Waals surface area (Å²) in [6.45, 7) is 4.05. The number of nitrogens with one attached hydrogen (secondary N) is 1. The third kappa shape index (κ3) is 3.68. The summed E-state index contributed by atoms with van der Waals surface area (Å²) >= 11 is 4.03. The van der Waals surface area contributed by atoms with Crippen molar-refractivity contribution in [1.29, 1.82) is 0 Å². The van der Waals surface area contributed by atoms with E-state index in [9.17, 15) is 0 Å². The molecule has 2 aromatic rings. The first-order valence-corrected chi connectivity index (χ1v) is 8.03. The average molecular weight is 388 g/mol. The molecular weight excluding hydrogens is 371 g/mol. The van der Waals surface area contributed by atoms with Crippen LogP contribution in [0.2, 0.25) is 0 Å². The van der Waals surface area contributed by atoms with Crippen molar-refractivity contribution in [2.24, 2.45) is 5.84 Å². The minimum atomic E-state index is -0.0466. The number of halogens is 1. The summed E-state index contributed by atoms with van der Waals surface area (Å²) in [7, 11) is 0. The summed E-state index contributed by atoms with van der Waals surface area (Å²) in [6.07, 6.45) is 0.141. The predicted molar refractivity (Wildman–Crippen MR) is 88.4 cm³/mol. The van der Waals surface area contributed by atoms with E-state index in [0.717, 1.165) is 16.9 Å². The standard InChI is InChI=1S/C14H17IN2OS/c1-9(2)18-12-6-4-3-5-11(12)14(17-16)10-7-13(15)19-8-10/h3-9,14,17H,16H2,1-2H3. The van der Waals surface area contributed by atoms with Gasteiger partial charge in [0.15, 0.2) is 0 Å². The first-order valence-electron chi connectivity index (χ1n) is 6.07. The van der Waals surface area contributed by atoms with Crippen molar-refractivity contribution in [1.82, 2.24) is 5.43 Å². The zero-order chi connectivity index (χ0) is 13.8. The average Bonchev–Trinajstić information content (AvgIpc) is 2.78. The fourth-order valence-corrected chi connectivity index (χ4v) is 3.32. The maximum atomic E-state index is 5.86. The molecule has 0 bridgehead atoms. The van der Waals surface area contributed by atoms with Gasteiger partial charge in [0.1, 0.15) is 5.75 Å². The van der Waals surface area contributed by atoms with Crippen LogP contribution in [0.1, 0.15) is 31.0 Å². The van der Waals surface area contributed by atoms with Crippen LogP contribution in [0.5, 0.6) is 5.75 Å². The number of thiophene rings is 1. The monoisotopic (exact) mass is 388 g/mol. The number of rotatable bonds is 5. The number of ether oxygens (including phenoxy) is 1. The molecule has 3 nitrogen and oxygen atoms in total. The van der Waals surface area contributed by atoms with Gasteiger partial charge in [-0.1, -0.05) is 18.2 Å². The van der Waals surface area contributed by atoms with E-state index < -0.39 is 0 Å². The molecule has 2 rings (SSSR count). The molecule has 0 aliphatic heterocycles. The maximum absolute atomic E-state index is 5.86. The number of hydrazine groups is 1. The number of hydrogen-bond donors (Lipinski definition) is 2. The van der Waals surface area contributed by atoms with Crippen LogP contribution in [0.25, 0.3) is 0 Å². The minimum absolute atomic E-state index is 0.0466. The number of benzene rings is 1. The fraction of sp³-hybridized carbons (Fsp3) is 0.286. The van der Waals surface area contributed by atoms with E-state index in [1.54, 1.807) is 11.3 Å². The summed E-state index contributed by atoms with van der Waals surface area (Å²) in [4.78, 5) is 0. The van der Waals surface area contributed by atoms with Crippen LogP contribution in [-0.2, 0) is 0 Å². The molecule has 0 saturated heterocycles. The van der Waals surface area contributed by atoms with Crippen molar-refractivity contribution < 1.29 is 4.74 Å². The summed E-state index contributed by atoms with van der Waals surface area (Å²) in [5.41, 5.74) is 5.11. The van der Waals surface area contributed by atoms with Gasteiger partial charge in [0.2, 0.25) is 0 Å². The van der Waals surface area contributed by atoms with Gasteiger partial charge in [-0.3, -0.25) is 5.84 Å². The molecule has 102 valence electrons. The Hall–Kier alpha value is -0.630. The van der Waals surface area contributed by atoms with E-state index >= 15 is 0 Å². The maximum Gasteiger partial charge on any atom is 0.124 e. The summed E-state index contributed by atoms with van der Waals surface area (Å²) in [6, 6.07) is 10.1. The van der Waals surface area contributed by atoms with E-state index in [2.05, 4.69) is 39.5 Å². The quantitative estimate of drug-likeness (QED) is 0.467. The molecule has 1 aromatic heterocycles. The lowest BCUT2D eigenvalue weighted by Gasteiger charge is -2.20. The molecule has 1 aromatic carbocycles. The lowest BCUT2D eigenvalue weighted by atomic mass is 10.0. The van der Waals surface area contributed by atoms with Crippen LogP contribution in [0, 0.1) is 2.88 Å². The Balaban J connectivity index is 2.38. The topological polar surface area (TPSA) is 47.3 Å². The third-order valence-electron chi connectivity index (χ3n) is 2.68. The molecule has 3 N–H and O–H groups in total. The molecule has 0 fully saturated rings. The first-order chi connectivity index (χ1) is 9.11. The van der Waals surface area contributed by atoms with Gasteiger partial charge in [-0.2, -0.15) is 0 Å². The van der Waals surface area contributed by atoms with Gasteiger partial charge < -0.3 is 4.74 Å². The van der Waals surface area contributed by atoms with Gasteiger partial charge in [0.05, 0.1) is 15.0 Å². The highest BCUT2D eigenvalue weighted by molar-refractivity contribution is 14.1. The third-order valence-corrected chi connectivity index (χ3v) is 4.49. The van der Waals surface area contributed by atoms with E-state index in [4.69, 9.17) is 10.6 Å². The number of hydrogen-bond acceptors (Lipinski definition) is 4. The normalized spacial score (nSPS) is 12.7. The highest BCUT2D eigenvalue weighted by Gasteiger charge is 2.18. The molecule has 0 saturated carbocycles. The lowest BCUT2D eigenvalue weighted by Crippen LogP contribution is -2.29. The van der Waals surface area contributed by atoms with Crippen molar-refractivity contribution in [3.8, 4) is 5.75 Å². The number of nitrogens with two attached hydrogens (primary N) is 1. The van der Waals surface area contributed by atoms with Crippen LogP contribution in [0.3, 0.4) is 0 Å². The van der Waals surface area contributed by atoms with Gasteiger partial charge in [-0.05, 0) is 59.5 Å². The van der Waals surface area contributed by atoms with Crippen molar-refractivity contribution in [3.05, 3.63) is 49.7 Å². The Kier molecular flexibility index (Phi) is 5.20. The molecule has 1 heterocycles. The second kappa shape index (κ2) is 6.69. The first kappa shape index (κ1) is 14.8. The van der Waals surface area contributed by atoms with E-state index in [-0.39, 0.29) is 12.1 Å². The Morgan fingerprint density at radius 2 is 2.05 bits per heavy atom. The number of para-hydroxylation sites is 1. The van der Waals surface area contributed by atoms with Gasteiger partial charge in [0.25, 0.3) is 0 Å². The Morgan fingerprint density at radius 1 is 1.32 bits per heavy atom. The van der Waals surface area contributed by atoms with Crippen molar-refractivity contribution in [3.63, 3.8) is 0 Å². The highest BCUT2D eigenvalue weighted by atomic mass is 127. The van der Waals surface area contributed by atoms with E-state index in [0.29, 0.717) is 0 Å². The summed E-state index contributed by atoms with van der Waals surface area (Å²) < 4.78 is 7.11. The predicted octanol–water partition coefficient (Wildman–Crippen LogP) is 3.69. The lowest BCUT2D eigenvalue weighted by molar-refractivity contribution is 0.238. The highest BCUT2D eigenvalue weighted by Crippen LogP contribution is 2.32. The molecular formula is C14H17IN2OS. The molecule has 5 heteroatoms. The molecule has 0 radical (unpaired) electrons. The molecule has 0 amide bonds. The van der Waals surface area contributed by atoms with Gasteiger partial charge >= 0.3 is 0 Å². The van der Waals surface area contributed by atoms with Gasteiger partial charge in [-0.15, -0.1) is 11.3 Å². The van der Waals surface area contributed by atoms with Crippen LogP contribution in [-0.4, -0.2) is 6.10 Å². The minimum Gasteiger partial charge on any atom is -0.491 e. The van der Waals surface area contributed by atoms with Gasteiger partial charge in [-0.25, -0.2) is 5.43 Å². The van der Waals surface area contributed by atoms with Crippen LogP contribution < -0.4 is 16.0 Å². The van der Waals surface area contributed by atoms with Crippen molar-refractivity contribution in [2.45, 2.75) is 26.0 Å². The van der Waals surface area contributed by atoms with Crippen molar-refractivity contribution in [2.75, 3.05) is 0 Å². The summed E-state index contributed by atoms with van der Waals surface area (Å²) in [5.74, 6) is 6.62.